The van der Waals surface area contributed by atoms with Crippen LogP contribution in [0, 0.1) is 6.92 Å². The fourth-order valence-corrected chi connectivity index (χ4v) is 9.47. The van der Waals surface area contributed by atoms with Crippen LogP contribution in [-0.4, -0.2) is 124 Å². The number of aromatic nitrogens is 4. The van der Waals surface area contributed by atoms with Gasteiger partial charge >= 0.3 is 6.03 Å². The van der Waals surface area contributed by atoms with Gasteiger partial charge in [-0.15, -0.1) is 10.2 Å². The predicted octanol–water partition coefficient (Wildman–Crippen LogP) is 5.40. The molecule has 9 rings (SSSR count). The number of ether oxygens (including phenoxy) is 2. The van der Waals surface area contributed by atoms with E-state index in [1.807, 2.05) is 49.5 Å². The van der Waals surface area contributed by atoms with E-state index >= 15 is 4.39 Å². The lowest BCUT2D eigenvalue weighted by molar-refractivity contribution is -0.120. The minimum atomic E-state index is -1.39. The summed E-state index contributed by atoms with van der Waals surface area (Å²) in [6.45, 7) is 6.27. The van der Waals surface area contributed by atoms with Gasteiger partial charge in [-0.3, -0.25) is 19.8 Å². The van der Waals surface area contributed by atoms with E-state index in [-0.39, 0.29) is 61.3 Å². The van der Waals surface area contributed by atoms with Crippen LogP contribution in [0.1, 0.15) is 65.7 Å². The number of carbonyl (C=O) groups excluding carboxylic acids is 3. The van der Waals surface area contributed by atoms with Gasteiger partial charge in [0.1, 0.15) is 28.9 Å². The highest BCUT2D eigenvalue weighted by molar-refractivity contribution is 6.07. The number of aryl methyl sites for hydroxylation is 1. The first kappa shape index (κ1) is 41.0. The van der Waals surface area contributed by atoms with E-state index in [0.29, 0.717) is 73.3 Å². The molecule has 5 aromatic rings. The lowest BCUT2D eigenvalue weighted by Gasteiger charge is -2.41. The van der Waals surface area contributed by atoms with Crippen LogP contribution in [0.4, 0.5) is 26.4 Å². The number of piperidine rings is 2. The van der Waals surface area contributed by atoms with Gasteiger partial charge in [-0.25, -0.2) is 14.2 Å². The molecule has 4 amide bonds. The molecule has 4 aliphatic rings. The Hall–Kier alpha value is -6.33. The zero-order valence-electron chi connectivity index (χ0n) is 34.9. The van der Waals surface area contributed by atoms with Gasteiger partial charge in [-0.05, 0) is 67.3 Å². The highest BCUT2D eigenvalue weighted by Crippen LogP contribution is 2.39. The fourth-order valence-electron chi connectivity index (χ4n) is 9.47. The number of para-hydroxylation sites is 1. The molecule has 324 valence electrons. The third-order valence-corrected chi connectivity index (χ3v) is 12.9. The Bertz CT molecular complexity index is 2520. The summed E-state index contributed by atoms with van der Waals surface area (Å²) in [5, 5.41) is 21.9. The lowest BCUT2D eigenvalue weighted by Crippen LogP contribution is -2.51. The van der Waals surface area contributed by atoms with Gasteiger partial charge in [0, 0.05) is 95.0 Å². The number of pyridine rings is 1. The first-order chi connectivity index (χ1) is 30.0. The lowest BCUT2D eigenvalue weighted by atomic mass is 9.91. The summed E-state index contributed by atoms with van der Waals surface area (Å²) >= 11 is 0. The Balaban J connectivity index is 0.784. The molecule has 4 fully saturated rings. The van der Waals surface area contributed by atoms with Gasteiger partial charge in [0.15, 0.2) is 11.6 Å². The van der Waals surface area contributed by atoms with E-state index in [0.717, 1.165) is 48.1 Å². The van der Waals surface area contributed by atoms with Crippen LogP contribution in [0.3, 0.4) is 0 Å². The number of carbonyl (C=O) groups is 3. The van der Waals surface area contributed by atoms with E-state index in [2.05, 4.69) is 29.9 Å². The average Bonchev–Trinajstić information content (AvgIpc) is 3.71. The van der Waals surface area contributed by atoms with Crippen LogP contribution in [0.25, 0.3) is 22.3 Å². The van der Waals surface area contributed by atoms with Crippen LogP contribution >= 0.6 is 0 Å². The number of alkyl halides is 1. The molecule has 0 saturated carbocycles. The number of benzene rings is 2. The Morgan fingerprint density at radius 2 is 1.81 bits per heavy atom. The normalized spacial score (nSPS) is 20.1. The number of phenolic OH excluding ortho intramolecular Hbond substituents is 1. The summed E-state index contributed by atoms with van der Waals surface area (Å²) < 4.78 is 30.6. The number of nitrogens with two attached hydrogens (primary N) is 1. The summed E-state index contributed by atoms with van der Waals surface area (Å²) in [4.78, 5) is 50.3. The van der Waals surface area contributed by atoms with Gasteiger partial charge < -0.3 is 39.6 Å². The van der Waals surface area contributed by atoms with Crippen LogP contribution in [-0.2, 0) is 9.53 Å². The van der Waals surface area contributed by atoms with E-state index in [4.69, 9.17) is 20.2 Å². The number of nitrogens with zero attached hydrogens (tertiary/aromatic N) is 8. The van der Waals surface area contributed by atoms with Crippen molar-refractivity contribution in [3.8, 4) is 22.8 Å². The van der Waals surface area contributed by atoms with Gasteiger partial charge in [0.05, 0.1) is 36.7 Å². The van der Waals surface area contributed by atoms with Gasteiger partial charge in [0.25, 0.3) is 5.91 Å². The number of urea groups is 1. The molecule has 0 radical (unpaired) electrons. The van der Waals surface area contributed by atoms with E-state index in [1.54, 1.807) is 36.4 Å². The number of nitrogens with one attached hydrogen (secondary N) is 1. The van der Waals surface area contributed by atoms with E-state index in [1.165, 1.54) is 4.90 Å². The topological polar surface area (TPSA) is 185 Å². The van der Waals surface area contributed by atoms with Crippen molar-refractivity contribution in [2.24, 2.45) is 0 Å². The fraction of sp³-hybridized carbons (Fsp3) is 0.422. The third kappa shape index (κ3) is 7.97. The van der Waals surface area contributed by atoms with Crippen molar-refractivity contribution < 1.29 is 33.4 Å². The Morgan fingerprint density at radius 1 is 1.02 bits per heavy atom. The van der Waals surface area contributed by atoms with Crippen molar-refractivity contribution >= 4 is 46.1 Å². The molecule has 4 saturated heterocycles. The second kappa shape index (κ2) is 16.9. The molecule has 7 heterocycles. The van der Waals surface area contributed by atoms with Gasteiger partial charge in [-0.2, -0.15) is 0 Å². The SMILES string of the molecule is COc1c(N2CCC(=O)NC2=O)cnc2c1ccn2C1CCN(CC2(F)CCN(C(=O)c3ccc(C4CN(c5cc(-c6ccccc6O)nnc5N)CCO4)c(C)c3)CC2)CC1. The van der Waals surface area contributed by atoms with Gasteiger partial charge in [0.2, 0.25) is 5.91 Å². The highest BCUT2D eigenvalue weighted by Gasteiger charge is 2.39. The molecule has 0 bridgehead atoms. The molecule has 1 unspecified atom stereocenters. The molecule has 16 nitrogen and oxygen atoms in total. The molecular formula is C45H51FN10O6. The van der Waals surface area contributed by atoms with Crippen LogP contribution in [0.5, 0.6) is 11.5 Å². The first-order valence-corrected chi connectivity index (χ1v) is 21.2. The van der Waals surface area contributed by atoms with Crippen molar-refractivity contribution in [2.75, 3.05) is 81.6 Å². The number of rotatable bonds is 9. The minimum Gasteiger partial charge on any atom is -0.507 e. The smallest absolute Gasteiger partial charge is 0.328 e. The maximum absolute atomic E-state index is 16.4. The van der Waals surface area contributed by atoms with Crippen LogP contribution in [0.2, 0.25) is 0 Å². The molecule has 62 heavy (non-hydrogen) atoms. The highest BCUT2D eigenvalue weighted by atomic mass is 19.1. The summed E-state index contributed by atoms with van der Waals surface area (Å²) in [6.07, 6.45) is 5.73. The van der Waals surface area contributed by atoms with Crippen molar-refractivity contribution in [1.29, 1.82) is 0 Å². The summed E-state index contributed by atoms with van der Waals surface area (Å²) in [5.74, 6) is 0.516. The summed E-state index contributed by atoms with van der Waals surface area (Å²) in [6, 6.07) is 16.1. The Morgan fingerprint density at radius 3 is 2.55 bits per heavy atom. The number of likely N-dealkylation sites (tertiary alicyclic amines) is 2. The van der Waals surface area contributed by atoms with Gasteiger partial charge in [-0.1, -0.05) is 18.2 Å². The van der Waals surface area contributed by atoms with Crippen molar-refractivity contribution in [3.05, 3.63) is 83.7 Å². The van der Waals surface area contributed by atoms with Crippen LogP contribution < -0.4 is 25.6 Å². The Kier molecular flexibility index (Phi) is 11.2. The number of nitrogen functional groups attached to an aromatic ring is 1. The summed E-state index contributed by atoms with van der Waals surface area (Å²) in [7, 11) is 1.56. The van der Waals surface area contributed by atoms with Crippen molar-refractivity contribution in [2.45, 2.75) is 56.8 Å². The number of hydrogen-bond acceptors (Lipinski definition) is 12. The molecular weight excluding hydrogens is 796 g/mol. The zero-order chi connectivity index (χ0) is 43.1. The monoisotopic (exact) mass is 846 g/mol. The number of amides is 4. The quantitative estimate of drug-likeness (QED) is 0.172. The zero-order valence-corrected chi connectivity index (χ0v) is 34.9. The molecule has 1 atom stereocenters. The number of morpholine rings is 1. The molecule has 2 aromatic carbocycles. The number of phenols is 1. The largest absolute Gasteiger partial charge is 0.507 e. The standard InChI is InChI=1S/C45H51FN10O6/c1-28-23-29(7-8-31(28)38-26-54(21-22-62-38)35-24-34(50-51-41(35)47)32-5-3-4-6-37(32)57)43(59)53-19-13-45(46,14-20-53)27-52-15-9-30(10-16-52)55-17-11-33-40(61-2)36(25-48-42(33)55)56-18-12-39(58)49-44(56)60/h3-8,11,17,23-25,30,38,57H,9-10,12-16,18-22,26-27H2,1-2H3,(H2,47,51)(H,49,58,60). The minimum absolute atomic E-state index is 0.105. The molecule has 4 N–H and O–H groups in total. The maximum atomic E-state index is 16.4. The maximum Gasteiger partial charge on any atom is 0.328 e. The second-order valence-electron chi connectivity index (χ2n) is 16.7. The second-order valence-corrected chi connectivity index (χ2v) is 16.7. The molecule has 17 heteroatoms. The van der Waals surface area contributed by atoms with Crippen molar-refractivity contribution in [3.63, 3.8) is 0 Å². The number of aromatic hydroxyl groups is 1. The number of halogens is 1. The number of anilines is 3. The number of hydrogen-bond donors (Lipinski definition) is 3. The number of imide groups is 1. The average molecular weight is 847 g/mol. The molecule has 3 aromatic heterocycles. The summed E-state index contributed by atoms with van der Waals surface area (Å²) in [5.41, 5.74) is 10.4. The van der Waals surface area contributed by atoms with Crippen molar-refractivity contribution in [1.82, 2.24) is 34.9 Å². The number of fused-ring (bicyclic) bond motifs is 1. The third-order valence-electron chi connectivity index (χ3n) is 12.9. The molecule has 0 aliphatic carbocycles. The van der Waals surface area contributed by atoms with Crippen LogP contribution in [0.15, 0.2) is 67.0 Å². The predicted molar refractivity (Wildman–Crippen MR) is 231 cm³/mol. The van der Waals surface area contributed by atoms with E-state index < -0.39 is 11.7 Å². The molecule has 4 aliphatic heterocycles. The Labute approximate surface area is 358 Å². The number of methoxy groups -OCH3 is 1. The first-order valence-electron chi connectivity index (χ1n) is 21.2. The van der Waals surface area contributed by atoms with E-state index in [9.17, 15) is 19.5 Å². The molecule has 0 spiro atoms.